The van der Waals surface area contributed by atoms with Crippen molar-refractivity contribution in [2.45, 2.75) is 6.54 Å². The molecule has 158 valence electrons. The Labute approximate surface area is 181 Å². The van der Waals surface area contributed by atoms with Gasteiger partial charge in [0, 0.05) is 29.9 Å². The number of carbonyl (C=O) groups excluding carboxylic acids is 1. The van der Waals surface area contributed by atoms with Crippen LogP contribution in [0.3, 0.4) is 0 Å². The number of para-hydroxylation sites is 1. The van der Waals surface area contributed by atoms with Crippen molar-refractivity contribution < 1.29 is 9.53 Å². The van der Waals surface area contributed by atoms with Gasteiger partial charge in [-0.05, 0) is 36.4 Å². The van der Waals surface area contributed by atoms with E-state index < -0.39 is 6.03 Å². The first kappa shape index (κ1) is 19.3. The lowest BCUT2D eigenvalue weighted by Gasteiger charge is -2.13. The van der Waals surface area contributed by atoms with E-state index >= 15 is 0 Å². The Kier molecular flexibility index (Phi) is 4.97. The van der Waals surface area contributed by atoms with Crippen molar-refractivity contribution in [2.24, 2.45) is 0 Å². The predicted molar refractivity (Wildman–Crippen MR) is 120 cm³/mol. The van der Waals surface area contributed by atoms with E-state index in [0.29, 0.717) is 34.0 Å². The Morgan fingerprint density at radius 2 is 1.94 bits per heavy atom. The molecule has 9 heteroatoms. The number of fused-ring (bicyclic) bond motifs is 2. The molecule has 0 atom stereocenters. The fourth-order valence-corrected chi connectivity index (χ4v) is 3.36. The maximum Gasteiger partial charge on any atom is 0.319 e. The van der Waals surface area contributed by atoms with Crippen molar-refractivity contribution in [1.29, 1.82) is 0 Å². The molecule has 0 bridgehead atoms. The Morgan fingerprint density at radius 3 is 2.81 bits per heavy atom. The molecular weight excluding hydrogens is 408 g/mol. The Morgan fingerprint density at radius 1 is 1.06 bits per heavy atom. The second kappa shape index (κ2) is 8.23. The zero-order valence-electron chi connectivity index (χ0n) is 16.8. The van der Waals surface area contributed by atoms with Gasteiger partial charge in [-0.25, -0.2) is 14.3 Å². The molecule has 3 aromatic heterocycles. The molecule has 0 unspecified atom stereocenters. The highest BCUT2D eigenvalue weighted by atomic mass is 16.5. The zero-order valence-corrected chi connectivity index (χ0v) is 16.8. The number of urea groups is 1. The molecule has 0 aliphatic rings. The first-order chi connectivity index (χ1) is 15.7. The molecule has 3 N–H and O–H groups in total. The summed E-state index contributed by atoms with van der Waals surface area (Å²) in [4.78, 5) is 33.3. The molecule has 9 nitrogen and oxygen atoms in total. The number of hydrogen-bond donors (Lipinski definition) is 3. The summed E-state index contributed by atoms with van der Waals surface area (Å²) in [6.07, 6.45) is 3.28. The van der Waals surface area contributed by atoms with Crippen molar-refractivity contribution in [3.63, 3.8) is 0 Å². The van der Waals surface area contributed by atoms with Gasteiger partial charge in [-0.1, -0.05) is 18.2 Å². The van der Waals surface area contributed by atoms with Gasteiger partial charge in [-0.3, -0.25) is 14.9 Å². The monoisotopic (exact) mass is 426 g/mol. The lowest BCUT2D eigenvalue weighted by atomic mass is 10.1. The SMILES string of the molecule is O=C(NCc1cc(=O)n2[nH]ccc2n1)Nc1ccc(Oc2ccccc2)c2cccnc12. The highest BCUT2D eigenvalue weighted by molar-refractivity contribution is 6.01. The standard InChI is InChI=1S/C23H18N6O3/c30-21-13-15(27-20-10-12-26-29(20)21)14-25-23(31)28-18-8-9-19(17-7-4-11-24-22(17)18)32-16-5-2-1-3-6-16/h1-13,26H,14H2,(H2,25,28,31). The predicted octanol–water partition coefficient (Wildman–Crippen LogP) is 3.68. The number of rotatable bonds is 5. The van der Waals surface area contributed by atoms with Crippen LogP contribution >= 0.6 is 0 Å². The summed E-state index contributed by atoms with van der Waals surface area (Å²) in [7, 11) is 0. The molecule has 2 aromatic carbocycles. The Balaban J connectivity index is 1.33. The van der Waals surface area contributed by atoms with E-state index in [4.69, 9.17) is 4.74 Å². The van der Waals surface area contributed by atoms with E-state index in [1.165, 1.54) is 10.6 Å². The first-order valence-corrected chi connectivity index (χ1v) is 9.89. The molecule has 0 fully saturated rings. The van der Waals surface area contributed by atoms with Crippen LogP contribution in [0.5, 0.6) is 11.5 Å². The number of anilines is 1. The number of carbonyl (C=O) groups is 1. The highest BCUT2D eigenvalue weighted by Crippen LogP contribution is 2.33. The number of hydrogen-bond acceptors (Lipinski definition) is 5. The maximum absolute atomic E-state index is 12.5. The summed E-state index contributed by atoms with van der Waals surface area (Å²) < 4.78 is 7.31. The third-order valence-corrected chi connectivity index (χ3v) is 4.81. The van der Waals surface area contributed by atoms with Gasteiger partial charge < -0.3 is 15.4 Å². The number of aromatic nitrogens is 4. The van der Waals surface area contributed by atoms with Crippen LogP contribution in [0.15, 0.2) is 83.9 Å². The van der Waals surface area contributed by atoms with Gasteiger partial charge in [0.25, 0.3) is 5.56 Å². The number of amides is 2. The van der Waals surface area contributed by atoms with Crippen LogP contribution in [0.4, 0.5) is 10.5 Å². The molecule has 5 rings (SSSR count). The molecule has 0 spiro atoms. The summed E-state index contributed by atoms with van der Waals surface area (Å²) in [6.45, 7) is 0.101. The van der Waals surface area contributed by atoms with Gasteiger partial charge in [-0.2, -0.15) is 0 Å². The molecule has 2 amide bonds. The van der Waals surface area contributed by atoms with E-state index in [1.807, 2.05) is 42.5 Å². The summed E-state index contributed by atoms with van der Waals surface area (Å²) in [5.74, 6) is 1.34. The summed E-state index contributed by atoms with van der Waals surface area (Å²) >= 11 is 0. The van der Waals surface area contributed by atoms with Crippen molar-refractivity contribution in [2.75, 3.05) is 5.32 Å². The normalized spacial score (nSPS) is 10.9. The van der Waals surface area contributed by atoms with Gasteiger partial charge in [0.2, 0.25) is 0 Å². The van der Waals surface area contributed by atoms with Crippen LogP contribution in [-0.2, 0) is 6.54 Å². The number of aromatic amines is 1. The highest BCUT2D eigenvalue weighted by Gasteiger charge is 2.12. The van der Waals surface area contributed by atoms with Crippen molar-refractivity contribution in [3.05, 3.63) is 95.2 Å². The molecule has 0 saturated heterocycles. The van der Waals surface area contributed by atoms with Gasteiger partial charge in [0.1, 0.15) is 11.5 Å². The van der Waals surface area contributed by atoms with E-state index in [2.05, 4.69) is 25.7 Å². The van der Waals surface area contributed by atoms with Crippen molar-refractivity contribution >= 4 is 28.3 Å². The van der Waals surface area contributed by atoms with Gasteiger partial charge >= 0.3 is 6.03 Å². The summed E-state index contributed by atoms with van der Waals surface area (Å²) in [6, 6.07) is 19.3. The summed E-state index contributed by atoms with van der Waals surface area (Å²) in [5.41, 5.74) is 1.83. The van der Waals surface area contributed by atoms with Crippen LogP contribution in [0.25, 0.3) is 16.6 Å². The van der Waals surface area contributed by atoms with Gasteiger partial charge in [0.05, 0.1) is 23.4 Å². The van der Waals surface area contributed by atoms with E-state index in [-0.39, 0.29) is 12.1 Å². The molecule has 0 saturated carbocycles. The van der Waals surface area contributed by atoms with E-state index in [1.54, 1.807) is 30.6 Å². The number of H-pyrrole nitrogens is 1. The Bertz CT molecular complexity index is 1480. The maximum atomic E-state index is 12.5. The minimum atomic E-state index is -0.440. The van der Waals surface area contributed by atoms with Crippen LogP contribution in [-0.4, -0.2) is 25.6 Å². The van der Waals surface area contributed by atoms with Crippen LogP contribution in [0, 0.1) is 0 Å². The topological polar surface area (TPSA) is 113 Å². The number of nitrogens with one attached hydrogen (secondary N) is 3. The molecule has 32 heavy (non-hydrogen) atoms. The third-order valence-electron chi connectivity index (χ3n) is 4.81. The molecule has 5 aromatic rings. The zero-order chi connectivity index (χ0) is 21.9. The fourth-order valence-electron chi connectivity index (χ4n) is 3.36. The van der Waals surface area contributed by atoms with Crippen LogP contribution in [0.1, 0.15) is 5.69 Å². The van der Waals surface area contributed by atoms with Crippen LogP contribution in [0.2, 0.25) is 0 Å². The number of ether oxygens (including phenoxy) is 1. The summed E-state index contributed by atoms with van der Waals surface area (Å²) in [5, 5.41) is 9.07. The average molecular weight is 426 g/mol. The molecule has 0 aliphatic heterocycles. The molecular formula is C23H18N6O3. The van der Waals surface area contributed by atoms with Crippen molar-refractivity contribution in [1.82, 2.24) is 24.9 Å². The second-order valence-corrected chi connectivity index (χ2v) is 6.98. The second-order valence-electron chi connectivity index (χ2n) is 6.98. The van der Waals surface area contributed by atoms with E-state index in [9.17, 15) is 9.59 Å². The third kappa shape index (κ3) is 3.86. The quantitative estimate of drug-likeness (QED) is 0.397. The number of nitrogens with zero attached hydrogens (tertiary/aromatic N) is 3. The number of pyridine rings is 1. The smallest absolute Gasteiger partial charge is 0.319 e. The largest absolute Gasteiger partial charge is 0.457 e. The van der Waals surface area contributed by atoms with E-state index in [0.717, 1.165) is 5.39 Å². The lowest BCUT2D eigenvalue weighted by Crippen LogP contribution is -2.29. The first-order valence-electron chi connectivity index (χ1n) is 9.89. The van der Waals surface area contributed by atoms with Gasteiger partial charge in [0.15, 0.2) is 5.65 Å². The minimum absolute atomic E-state index is 0.101. The Hall–Kier alpha value is -4.66. The lowest BCUT2D eigenvalue weighted by molar-refractivity contribution is 0.251. The fraction of sp³-hybridized carbons (Fsp3) is 0.0435. The van der Waals surface area contributed by atoms with Crippen molar-refractivity contribution in [3.8, 4) is 11.5 Å². The average Bonchev–Trinajstić information content (AvgIpc) is 3.29. The minimum Gasteiger partial charge on any atom is -0.457 e. The van der Waals surface area contributed by atoms with Crippen LogP contribution < -0.4 is 20.9 Å². The molecule has 0 radical (unpaired) electrons. The molecule has 3 heterocycles. The number of benzene rings is 2. The van der Waals surface area contributed by atoms with Gasteiger partial charge in [-0.15, -0.1) is 0 Å². The molecule has 0 aliphatic carbocycles.